The second kappa shape index (κ2) is 8.73. The van der Waals surface area contributed by atoms with Crippen LogP contribution >= 0.6 is 45.8 Å². The first-order valence-electron chi connectivity index (χ1n) is 10.3. The van der Waals surface area contributed by atoms with Gasteiger partial charge in [0.2, 0.25) is 0 Å². The Kier molecular flexibility index (Phi) is 5.98. The number of fused-ring (bicyclic) bond motifs is 1. The summed E-state index contributed by atoms with van der Waals surface area (Å²) in [4.78, 5) is 13.1. The van der Waals surface area contributed by atoms with Crippen molar-refractivity contribution in [1.82, 2.24) is 10.4 Å². The zero-order valence-corrected chi connectivity index (χ0v) is 20.3. The molecule has 2 aromatic carbocycles. The van der Waals surface area contributed by atoms with E-state index in [1.54, 1.807) is 12.1 Å². The van der Waals surface area contributed by atoms with Gasteiger partial charge in [0.1, 0.15) is 5.71 Å². The van der Waals surface area contributed by atoms with Crippen molar-refractivity contribution in [2.24, 2.45) is 16.9 Å². The fourth-order valence-electron chi connectivity index (χ4n) is 4.57. The van der Waals surface area contributed by atoms with Crippen LogP contribution in [-0.4, -0.2) is 29.7 Å². The van der Waals surface area contributed by atoms with Gasteiger partial charge in [-0.2, -0.15) is 5.10 Å². The van der Waals surface area contributed by atoms with E-state index >= 15 is 0 Å². The first-order chi connectivity index (χ1) is 15.0. The number of anilines is 1. The molecule has 3 unspecified atom stereocenters. The van der Waals surface area contributed by atoms with Crippen molar-refractivity contribution in [2.75, 3.05) is 18.1 Å². The Morgan fingerprint density at radius 2 is 1.94 bits per heavy atom. The Hall–Kier alpha value is -1.61. The highest BCUT2D eigenvalue weighted by Crippen LogP contribution is 2.40. The molecule has 3 atom stereocenters. The topological polar surface area (TPSA) is 47.9 Å². The summed E-state index contributed by atoms with van der Waals surface area (Å²) in [7, 11) is 0. The van der Waals surface area contributed by atoms with Crippen LogP contribution in [0.1, 0.15) is 24.4 Å². The average molecular weight is 567 g/mol. The summed E-state index contributed by atoms with van der Waals surface area (Å²) in [5, 5.41) is 9.66. The van der Waals surface area contributed by atoms with Crippen molar-refractivity contribution in [2.45, 2.75) is 18.9 Å². The van der Waals surface area contributed by atoms with E-state index < -0.39 is 0 Å². The molecule has 0 bridgehead atoms. The summed E-state index contributed by atoms with van der Waals surface area (Å²) < 4.78 is 1.16. The number of hydrogen-bond donors (Lipinski definition) is 1. The predicted molar refractivity (Wildman–Crippen MR) is 133 cm³/mol. The Labute approximate surface area is 205 Å². The van der Waals surface area contributed by atoms with Crippen LogP contribution < -0.4 is 10.4 Å². The van der Waals surface area contributed by atoms with Crippen LogP contribution in [0.25, 0.3) is 0 Å². The van der Waals surface area contributed by atoms with E-state index in [9.17, 15) is 4.79 Å². The van der Waals surface area contributed by atoms with Gasteiger partial charge >= 0.3 is 0 Å². The number of nitrogens with zero attached hydrogens (tertiary/aromatic N) is 3. The molecular weight excluding hydrogens is 546 g/mol. The van der Waals surface area contributed by atoms with E-state index in [2.05, 4.69) is 64.4 Å². The summed E-state index contributed by atoms with van der Waals surface area (Å²) in [6.45, 7) is 1.73. The number of hydrazone groups is 1. The molecule has 0 spiro atoms. The normalized spacial score (nSPS) is 25.1. The van der Waals surface area contributed by atoms with Gasteiger partial charge in [0, 0.05) is 28.1 Å². The van der Waals surface area contributed by atoms with E-state index in [0.29, 0.717) is 34.0 Å². The van der Waals surface area contributed by atoms with Gasteiger partial charge in [-0.05, 0) is 76.7 Å². The van der Waals surface area contributed by atoms with E-state index in [4.69, 9.17) is 28.3 Å². The van der Waals surface area contributed by atoms with Gasteiger partial charge in [-0.15, -0.1) is 0 Å². The third kappa shape index (κ3) is 4.35. The van der Waals surface area contributed by atoms with Crippen LogP contribution in [0, 0.1) is 15.4 Å². The zero-order chi connectivity index (χ0) is 21.5. The lowest BCUT2D eigenvalue weighted by Gasteiger charge is -2.25. The quantitative estimate of drug-likeness (QED) is 0.396. The van der Waals surface area contributed by atoms with Crippen molar-refractivity contribution in [3.05, 3.63) is 73.8 Å². The Bertz CT molecular complexity index is 1070. The van der Waals surface area contributed by atoms with Crippen LogP contribution in [-0.2, 0) is 4.79 Å². The second-order valence-electron chi connectivity index (χ2n) is 8.19. The summed E-state index contributed by atoms with van der Waals surface area (Å²) in [5.41, 5.74) is 5.39. The monoisotopic (exact) mass is 566 g/mol. The predicted octanol–water partition coefficient (Wildman–Crippen LogP) is 5.44. The lowest BCUT2D eigenvalue weighted by molar-refractivity contribution is -0.119. The molecule has 1 aliphatic carbocycles. The SMILES string of the molecule is O=C(NN1CC2C=CCC2C1)C1=NN(c2ccc(Cl)cc2Cl)C(c2ccc(I)cc2)C1. The molecule has 1 amide bonds. The van der Waals surface area contributed by atoms with Crippen molar-refractivity contribution < 1.29 is 4.79 Å². The molecule has 0 saturated carbocycles. The number of halogens is 3. The Morgan fingerprint density at radius 3 is 2.68 bits per heavy atom. The summed E-state index contributed by atoms with van der Waals surface area (Å²) in [5.74, 6) is 0.997. The van der Waals surface area contributed by atoms with E-state index in [-0.39, 0.29) is 11.9 Å². The van der Waals surface area contributed by atoms with Crippen LogP contribution in [0.4, 0.5) is 5.69 Å². The lowest BCUT2D eigenvalue weighted by Crippen LogP contribution is -2.44. The van der Waals surface area contributed by atoms with Gasteiger partial charge in [0.15, 0.2) is 0 Å². The van der Waals surface area contributed by atoms with E-state index in [1.807, 2.05) is 16.1 Å². The number of nitrogens with one attached hydrogen (secondary N) is 1. The smallest absolute Gasteiger partial charge is 0.281 e. The number of rotatable bonds is 4. The van der Waals surface area contributed by atoms with Crippen LogP contribution in [0.3, 0.4) is 0 Å². The summed E-state index contributed by atoms with van der Waals surface area (Å²) >= 11 is 14.9. The number of benzene rings is 2. The van der Waals surface area contributed by atoms with E-state index in [0.717, 1.165) is 34.3 Å². The number of carbonyl (C=O) groups is 1. The maximum absolute atomic E-state index is 13.1. The number of allylic oxidation sites excluding steroid dienone is 1. The third-order valence-corrected chi connectivity index (χ3v) is 7.41. The molecule has 0 aromatic heterocycles. The fourth-order valence-corrected chi connectivity index (χ4v) is 5.43. The molecule has 5 nitrogen and oxygen atoms in total. The summed E-state index contributed by atoms with van der Waals surface area (Å²) in [6, 6.07) is 13.5. The first-order valence-corrected chi connectivity index (χ1v) is 12.1. The summed E-state index contributed by atoms with van der Waals surface area (Å²) in [6.07, 6.45) is 6.11. The van der Waals surface area contributed by atoms with Gasteiger partial charge in [-0.3, -0.25) is 15.2 Å². The van der Waals surface area contributed by atoms with Crippen LogP contribution in [0.2, 0.25) is 10.0 Å². The van der Waals surface area contributed by atoms with Gasteiger partial charge in [0.25, 0.3) is 5.91 Å². The minimum Gasteiger partial charge on any atom is -0.284 e. The highest BCUT2D eigenvalue weighted by molar-refractivity contribution is 14.1. The minimum atomic E-state index is -0.146. The molecule has 5 rings (SSSR count). The molecule has 2 aromatic rings. The molecule has 1 N–H and O–H groups in total. The highest BCUT2D eigenvalue weighted by Gasteiger charge is 2.37. The molecule has 160 valence electrons. The first kappa shape index (κ1) is 21.2. The average Bonchev–Trinajstić information content (AvgIpc) is 3.43. The molecule has 31 heavy (non-hydrogen) atoms. The highest BCUT2D eigenvalue weighted by atomic mass is 127. The maximum Gasteiger partial charge on any atom is 0.281 e. The van der Waals surface area contributed by atoms with Gasteiger partial charge < -0.3 is 0 Å². The Balaban J connectivity index is 1.40. The molecule has 8 heteroatoms. The maximum atomic E-state index is 13.1. The molecule has 0 radical (unpaired) electrons. The Morgan fingerprint density at radius 1 is 1.13 bits per heavy atom. The van der Waals surface area contributed by atoms with Gasteiger partial charge in [-0.25, -0.2) is 5.01 Å². The van der Waals surface area contributed by atoms with Crippen molar-refractivity contribution in [3.63, 3.8) is 0 Å². The minimum absolute atomic E-state index is 0.114. The molecule has 2 heterocycles. The molecule has 2 aliphatic heterocycles. The van der Waals surface area contributed by atoms with Crippen LogP contribution in [0.15, 0.2) is 59.7 Å². The number of hydrogen-bond acceptors (Lipinski definition) is 4. The van der Waals surface area contributed by atoms with Crippen molar-refractivity contribution in [3.8, 4) is 0 Å². The largest absolute Gasteiger partial charge is 0.284 e. The zero-order valence-electron chi connectivity index (χ0n) is 16.6. The molecule has 1 saturated heterocycles. The molecular formula is C23H21Cl2IN4O. The van der Waals surface area contributed by atoms with Gasteiger partial charge in [0.05, 0.1) is 16.8 Å². The van der Waals surface area contributed by atoms with Crippen molar-refractivity contribution in [1.29, 1.82) is 0 Å². The van der Waals surface area contributed by atoms with Crippen molar-refractivity contribution >= 4 is 63.1 Å². The number of carbonyl (C=O) groups excluding carboxylic acids is 1. The number of amides is 1. The molecule has 1 fully saturated rings. The van der Waals surface area contributed by atoms with Gasteiger partial charge in [-0.1, -0.05) is 47.5 Å². The fraction of sp³-hybridized carbons (Fsp3) is 0.304. The van der Waals surface area contributed by atoms with Crippen LogP contribution in [0.5, 0.6) is 0 Å². The van der Waals surface area contributed by atoms with E-state index in [1.165, 1.54) is 0 Å². The second-order valence-corrected chi connectivity index (χ2v) is 10.3. The standard InChI is InChI=1S/C23H21Cl2IN4O/c24-17-6-9-21(19(25)10-17)30-22(14-4-7-18(26)8-5-14)11-20(27-30)23(31)28-29-12-15-2-1-3-16(15)13-29/h1-2,4-10,15-16,22H,3,11-13H2,(H,28,31). The lowest BCUT2D eigenvalue weighted by atomic mass is 10.0. The number of hydrazine groups is 1. The third-order valence-electron chi connectivity index (χ3n) is 6.16. The molecule has 3 aliphatic rings.